The lowest BCUT2D eigenvalue weighted by Gasteiger charge is -2.20. The number of carbonyl (C=O) groups excluding carboxylic acids is 1. The summed E-state index contributed by atoms with van der Waals surface area (Å²) >= 11 is 1.29. The van der Waals surface area contributed by atoms with E-state index in [1.807, 2.05) is 0 Å². The molecule has 22 heavy (non-hydrogen) atoms. The van der Waals surface area contributed by atoms with Crippen LogP contribution in [0.3, 0.4) is 0 Å². The summed E-state index contributed by atoms with van der Waals surface area (Å²) in [6.07, 6.45) is 1.58. The first kappa shape index (κ1) is 16.6. The second kappa shape index (κ2) is 6.15. The van der Waals surface area contributed by atoms with Crippen LogP contribution in [0.25, 0.3) is 0 Å². The van der Waals surface area contributed by atoms with E-state index in [4.69, 9.17) is 0 Å². The fourth-order valence-corrected chi connectivity index (χ4v) is 3.71. The van der Waals surface area contributed by atoms with E-state index in [0.29, 0.717) is 5.13 Å². The highest BCUT2D eigenvalue weighted by Gasteiger charge is 2.22. The molecule has 0 aliphatic carbocycles. The zero-order chi connectivity index (χ0) is 16.4. The third-order valence-corrected chi connectivity index (χ3v) is 4.94. The first-order chi connectivity index (χ1) is 10.2. The van der Waals surface area contributed by atoms with Gasteiger partial charge in [0.2, 0.25) is 10.0 Å². The number of sulfonamides is 1. The highest BCUT2D eigenvalue weighted by molar-refractivity contribution is 7.89. The van der Waals surface area contributed by atoms with E-state index in [-0.39, 0.29) is 10.5 Å². The number of anilines is 1. The van der Waals surface area contributed by atoms with E-state index in [2.05, 4.69) is 15.0 Å². The van der Waals surface area contributed by atoms with Gasteiger partial charge in [0, 0.05) is 22.7 Å². The van der Waals surface area contributed by atoms with Gasteiger partial charge in [0.05, 0.1) is 4.90 Å². The molecule has 8 heteroatoms. The monoisotopic (exact) mass is 339 g/mol. The Labute approximate surface area is 133 Å². The molecule has 0 bridgehead atoms. The van der Waals surface area contributed by atoms with Crippen LogP contribution in [0.4, 0.5) is 5.13 Å². The Morgan fingerprint density at radius 3 is 2.59 bits per heavy atom. The van der Waals surface area contributed by atoms with E-state index in [1.165, 1.54) is 29.5 Å². The van der Waals surface area contributed by atoms with Gasteiger partial charge in [-0.15, -0.1) is 11.3 Å². The van der Waals surface area contributed by atoms with Gasteiger partial charge >= 0.3 is 0 Å². The lowest BCUT2D eigenvalue weighted by atomic mass is 10.1. The molecule has 2 aromatic rings. The smallest absolute Gasteiger partial charge is 0.257 e. The van der Waals surface area contributed by atoms with Crippen LogP contribution in [-0.2, 0) is 10.0 Å². The molecule has 118 valence electrons. The molecular formula is C14H17N3O3S2. The standard InChI is InChI=1S/C14H17N3O3S2/c1-14(2,3)17-22(19,20)11-6-4-5-10(9-11)12(18)16-13-15-7-8-21-13/h4-9,17H,1-3H3,(H,15,16,18). The second-order valence-corrected chi connectivity index (χ2v) is 8.25. The Hall–Kier alpha value is -1.77. The molecule has 0 saturated heterocycles. The second-order valence-electron chi connectivity index (χ2n) is 5.67. The maximum Gasteiger partial charge on any atom is 0.257 e. The number of carbonyl (C=O) groups is 1. The number of hydrogen-bond donors (Lipinski definition) is 2. The van der Waals surface area contributed by atoms with Gasteiger partial charge in [0.15, 0.2) is 5.13 Å². The molecular weight excluding hydrogens is 322 g/mol. The third kappa shape index (κ3) is 4.36. The molecule has 2 N–H and O–H groups in total. The van der Waals surface area contributed by atoms with Crippen molar-refractivity contribution in [1.29, 1.82) is 0 Å². The van der Waals surface area contributed by atoms with Gasteiger partial charge in [-0.05, 0) is 39.0 Å². The quantitative estimate of drug-likeness (QED) is 0.895. The van der Waals surface area contributed by atoms with Gasteiger partial charge in [-0.1, -0.05) is 6.07 Å². The normalized spacial score (nSPS) is 12.1. The van der Waals surface area contributed by atoms with Crippen molar-refractivity contribution in [2.45, 2.75) is 31.2 Å². The van der Waals surface area contributed by atoms with Crippen LogP contribution < -0.4 is 10.0 Å². The van der Waals surface area contributed by atoms with E-state index in [0.717, 1.165) is 0 Å². The maximum atomic E-state index is 12.3. The van der Waals surface area contributed by atoms with Crippen LogP contribution >= 0.6 is 11.3 Å². The van der Waals surface area contributed by atoms with Crippen LogP contribution in [-0.4, -0.2) is 24.8 Å². The maximum absolute atomic E-state index is 12.3. The Kier molecular flexibility index (Phi) is 4.64. The lowest BCUT2D eigenvalue weighted by molar-refractivity contribution is 0.102. The summed E-state index contributed by atoms with van der Waals surface area (Å²) in [4.78, 5) is 16.1. The van der Waals surface area contributed by atoms with Gasteiger partial charge in [-0.25, -0.2) is 18.1 Å². The van der Waals surface area contributed by atoms with E-state index >= 15 is 0 Å². The molecule has 1 aromatic carbocycles. The zero-order valence-corrected chi connectivity index (χ0v) is 14.1. The van der Waals surface area contributed by atoms with Crippen LogP contribution in [0, 0.1) is 0 Å². The average molecular weight is 339 g/mol. The number of amides is 1. The molecule has 0 spiro atoms. The van der Waals surface area contributed by atoms with Crippen LogP contribution in [0.2, 0.25) is 0 Å². The number of thiazole rings is 1. The first-order valence-electron chi connectivity index (χ1n) is 6.52. The van der Waals surface area contributed by atoms with Gasteiger partial charge in [-0.3, -0.25) is 10.1 Å². The molecule has 1 heterocycles. The van der Waals surface area contributed by atoms with Crippen molar-refractivity contribution in [2.75, 3.05) is 5.32 Å². The number of nitrogens with one attached hydrogen (secondary N) is 2. The molecule has 0 aliphatic heterocycles. The summed E-state index contributed by atoms with van der Waals surface area (Å²) in [5, 5.41) is 4.82. The summed E-state index contributed by atoms with van der Waals surface area (Å²) in [6, 6.07) is 5.89. The lowest BCUT2D eigenvalue weighted by Crippen LogP contribution is -2.40. The fraction of sp³-hybridized carbons (Fsp3) is 0.286. The Morgan fingerprint density at radius 1 is 1.27 bits per heavy atom. The summed E-state index contributed by atoms with van der Waals surface area (Å²) in [7, 11) is -3.68. The van der Waals surface area contributed by atoms with Gasteiger partial charge in [-0.2, -0.15) is 0 Å². The highest BCUT2D eigenvalue weighted by Crippen LogP contribution is 2.17. The van der Waals surface area contributed by atoms with Crippen molar-refractivity contribution in [3.63, 3.8) is 0 Å². The van der Waals surface area contributed by atoms with E-state index in [1.54, 1.807) is 38.4 Å². The Morgan fingerprint density at radius 2 is 2.00 bits per heavy atom. The van der Waals surface area contributed by atoms with Gasteiger partial charge < -0.3 is 0 Å². The van der Waals surface area contributed by atoms with Crippen molar-refractivity contribution in [3.8, 4) is 0 Å². The topological polar surface area (TPSA) is 88.2 Å². The van der Waals surface area contributed by atoms with Gasteiger partial charge in [0.25, 0.3) is 5.91 Å². The third-order valence-electron chi connectivity index (χ3n) is 2.50. The molecule has 0 saturated carbocycles. The fourth-order valence-electron chi connectivity index (χ4n) is 1.72. The SMILES string of the molecule is CC(C)(C)NS(=O)(=O)c1cccc(C(=O)Nc2nccs2)c1. The largest absolute Gasteiger partial charge is 0.298 e. The number of rotatable bonds is 4. The molecule has 2 rings (SSSR count). The highest BCUT2D eigenvalue weighted by atomic mass is 32.2. The zero-order valence-electron chi connectivity index (χ0n) is 12.5. The van der Waals surface area contributed by atoms with Crippen LogP contribution in [0.1, 0.15) is 31.1 Å². The van der Waals surface area contributed by atoms with Crippen molar-refractivity contribution >= 4 is 32.4 Å². The molecule has 0 aliphatic rings. The van der Waals surface area contributed by atoms with Crippen molar-refractivity contribution in [1.82, 2.24) is 9.71 Å². The summed E-state index contributed by atoms with van der Waals surface area (Å²) in [5.41, 5.74) is -0.343. The minimum Gasteiger partial charge on any atom is -0.298 e. The van der Waals surface area contributed by atoms with Crippen molar-refractivity contribution in [2.24, 2.45) is 0 Å². The van der Waals surface area contributed by atoms with E-state index < -0.39 is 21.5 Å². The number of benzene rings is 1. The predicted octanol–water partition coefficient (Wildman–Crippen LogP) is 2.47. The molecule has 1 amide bonds. The number of aromatic nitrogens is 1. The molecule has 0 fully saturated rings. The minimum absolute atomic E-state index is 0.0502. The van der Waals surface area contributed by atoms with Crippen molar-refractivity contribution < 1.29 is 13.2 Å². The Bertz CT molecular complexity index is 763. The summed E-state index contributed by atoms with van der Waals surface area (Å²) in [5.74, 6) is -0.400. The van der Waals surface area contributed by atoms with Gasteiger partial charge in [0.1, 0.15) is 0 Å². The predicted molar refractivity (Wildman–Crippen MR) is 86.6 cm³/mol. The molecule has 0 atom stereocenters. The number of nitrogens with zero attached hydrogens (tertiary/aromatic N) is 1. The molecule has 1 aromatic heterocycles. The summed E-state index contributed by atoms with van der Waals surface area (Å²) < 4.78 is 27.1. The molecule has 0 radical (unpaired) electrons. The average Bonchev–Trinajstić information content (AvgIpc) is 2.89. The first-order valence-corrected chi connectivity index (χ1v) is 8.88. The summed E-state index contributed by atoms with van der Waals surface area (Å²) in [6.45, 7) is 5.26. The van der Waals surface area contributed by atoms with E-state index in [9.17, 15) is 13.2 Å². The molecule has 6 nitrogen and oxygen atoms in total. The number of hydrogen-bond acceptors (Lipinski definition) is 5. The molecule has 0 unspecified atom stereocenters. The minimum atomic E-state index is -3.68. The van der Waals surface area contributed by atoms with Crippen molar-refractivity contribution in [3.05, 3.63) is 41.4 Å². The van der Waals surface area contributed by atoms with Crippen LogP contribution in [0.15, 0.2) is 40.7 Å². The van der Waals surface area contributed by atoms with Crippen LogP contribution in [0.5, 0.6) is 0 Å². The Balaban J connectivity index is 2.25.